The monoisotopic (exact) mass is 221 g/mol. The highest BCUT2D eigenvalue weighted by atomic mass is 16.5. The van der Waals surface area contributed by atoms with Crippen LogP contribution >= 0.6 is 0 Å². The van der Waals surface area contributed by atoms with Crippen molar-refractivity contribution in [1.29, 1.82) is 0 Å². The highest BCUT2D eigenvalue weighted by molar-refractivity contribution is 5.09. The first-order valence-electron chi connectivity index (χ1n) is 5.90. The first-order valence-corrected chi connectivity index (χ1v) is 5.90. The second kappa shape index (κ2) is 5.37. The lowest BCUT2D eigenvalue weighted by Gasteiger charge is -2.20. The predicted octanol–water partition coefficient (Wildman–Crippen LogP) is 1.26. The highest BCUT2D eigenvalue weighted by Gasteiger charge is 2.18. The third kappa shape index (κ3) is 3.00. The molecule has 4 nitrogen and oxygen atoms in total. The van der Waals surface area contributed by atoms with E-state index in [4.69, 9.17) is 10.5 Å². The third-order valence-electron chi connectivity index (χ3n) is 2.87. The van der Waals surface area contributed by atoms with E-state index in [2.05, 4.69) is 9.97 Å². The Morgan fingerprint density at radius 2 is 2.00 bits per heavy atom. The van der Waals surface area contributed by atoms with Crippen molar-refractivity contribution in [1.82, 2.24) is 9.97 Å². The summed E-state index contributed by atoms with van der Waals surface area (Å²) in [6.07, 6.45) is 6.72. The standard InChI is InChI=1S/C12H19N3O/c1-9(13)6-10-7-14-12(15-8-10)11-2-4-16-5-3-11/h7-9,11H,2-6,13H2,1H3. The maximum atomic E-state index is 5.73. The van der Waals surface area contributed by atoms with Crippen LogP contribution in [0.3, 0.4) is 0 Å². The maximum Gasteiger partial charge on any atom is 0.131 e. The van der Waals surface area contributed by atoms with E-state index in [0.717, 1.165) is 43.9 Å². The average Bonchev–Trinajstić information content (AvgIpc) is 2.30. The fraction of sp³-hybridized carbons (Fsp3) is 0.667. The third-order valence-corrected chi connectivity index (χ3v) is 2.87. The Labute approximate surface area is 96.2 Å². The average molecular weight is 221 g/mol. The van der Waals surface area contributed by atoms with Crippen LogP contribution in [0.1, 0.15) is 37.1 Å². The summed E-state index contributed by atoms with van der Waals surface area (Å²) in [6.45, 7) is 3.65. The summed E-state index contributed by atoms with van der Waals surface area (Å²) in [6, 6.07) is 0.164. The predicted molar refractivity (Wildman–Crippen MR) is 62.2 cm³/mol. The molecule has 1 aliphatic heterocycles. The summed E-state index contributed by atoms with van der Waals surface area (Å²) in [5, 5.41) is 0. The van der Waals surface area contributed by atoms with E-state index in [1.54, 1.807) is 0 Å². The van der Waals surface area contributed by atoms with Crippen LogP contribution in [0.2, 0.25) is 0 Å². The fourth-order valence-electron chi connectivity index (χ4n) is 2.01. The first kappa shape index (κ1) is 11.5. The van der Waals surface area contributed by atoms with Crippen LogP contribution in [0.4, 0.5) is 0 Å². The zero-order valence-corrected chi connectivity index (χ0v) is 9.72. The molecule has 1 unspecified atom stereocenters. The molecule has 1 atom stereocenters. The Hall–Kier alpha value is -1.00. The van der Waals surface area contributed by atoms with Crippen LogP contribution in [0.25, 0.3) is 0 Å². The zero-order chi connectivity index (χ0) is 11.4. The molecule has 0 spiro atoms. The second-order valence-electron chi connectivity index (χ2n) is 4.52. The van der Waals surface area contributed by atoms with E-state index in [0.29, 0.717) is 5.92 Å². The van der Waals surface area contributed by atoms with E-state index in [-0.39, 0.29) is 6.04 Å². The largest absolute Gasteiger partial charge is 0.381 e. The summed E-state index contributed by atoms with van der Waals surface area (Å²) in [7, 11) is 0. The lowest BCUT2D eigenvalue weighted by molar-refractivity contribution is 0.0835. The Kier molecular flexibility index (Phi) is 3.85. The number of aromatic nitrogens is 2. The quantitative estimate of drug-likeness (QED) is 0.834. The van der Waals surface area contributed by atoms with Crippen molar-refractivity contribution in [3.63, 3.8) is 0 Å². The van der Waals surface area contributed by atoms with Crippen LogP contribution in [0, 0.1) is 0 Å². The van der Waals surface area contributed by atoms with Crippen molar-refractivity contribution < 1.29 is 4.74 Å². The van der Waals surface area contributed by atoms with E-state index in [9.17, 15) is 0 Å². The molecule has 0 amide bonds. The van der Waals surface area contributed by atoms with Crippen molar-refractivity contribution >= 4 is 0 Å². The highest BCUT2D eigenvalue weighted by Crippen LogP contribution is 2.23. The van der Waals surface area contributed by atoms with Gasteiger partial charge in [-0.1, -0.05) is 0 Å². The molecule has 2 N–H and O–H groups in total. The zero-order valence-electron chi connectivity index (χ0n) is 9.72. The number of hydrogen-bond acceptors (Lipinski definition) is 4. The summed E-state index contributed by atoms with van der Waals surface area (Å²) in [4.78, 5) is 8.87. The number of hydrogen-bond donors (Lipinski definition) is 1. The normalized spacial score (nSPS) is 19.6. The van der Waals surface area contributed by atoms with Gasteiger partial charge >= 0.3 is 0 Å². The molecule has 1 saturated heterocycles. The maximum absolute atomic E-state index is 5.73. The molecule has 16 heavy (non-hydrogen) atoms. The smallest absolute Gasteiger partial charge is 0.131 e. The van der Waals surface area contributed by atoms with Crippen LogP contribution in [-0.4, -0.2) is 29.2 Å². The van der Waals surface area contributed by atoms with Crippen molar-refractivity contribution in [3.8, 4) is 0 Å². The summed E-state index contributed by atoms with van der Waals surface area (Å²) in [5.41, 5.74) is 6.85. The first-order chi connectivity index (χ1) is 7.75. The fourth-order valence-corrected chi connectivity index (χ4v) is 2.01. The van der Waals surface area contributed by atoms with Gasteiger partial charge in [0.15, 0.2) is 0 Å². The van der Waals surface area contributed by atoms with Gasteiger partial charge in [0.25, 0.3) is 0 Å². The minimum atomic E-state index is 0.164. The number of ether oxygens (including phenoxy) is 1. The molecule has 4 heteroatoms. The summed E-state index contributed by atoms with van der Waals surface area (Å²) < 4.78 is 5.33. The summed E-state index contributed by atoms with van der Waals surface area (Å²) >= 11 is 0. The molecule has 1 aliphatic rings. The molecular weight excluding hydrogens is 202 g/mol. The van der Waals surface area contributed by atoms with Gasteiger partial charge in [0.2, 0.25) is 0 Å². The van der Waals surface area contributed by atoms with Gasteiger partial charge < -0.3 is 10.5 Å². The molecule has 1 fully saturated rings. The van der Waals surface area contributed by atoms with Crippen LogP contribution in [0.15, 0.2) is 12.4 Å². The Balaban J connectivity index is 2.00. The van der Waals surface area contributed by atoms with Gasteiger partial charge in [-0.15, -0.1) is 0 Å². The molecule has 2 heterocycles. The van der Waals surface area contributed by atoms with E-state index in [1.807, 2.05) is 19.3 Å². The van der Waals surface area contributed by atoms with Crippen molar-refractivity contribution in [2.45, 2.75) is 38.1 Å². The van der Waals surface area contributed by atoms with Gasteiger partial charge in [0, 0.05) is 37.6 Å². The lowest BCUT2D eigenvalue weighted by Crippen LogP contribution is -2.19. The summed E-state index contributed by atoms with van der Waals surface area (Å²) in [5.74, 6) is 1.43. The van der Waals surface area contributed by atoms with Gasteiger partial charge in [-0.2, -0.15) is 0 Å². The van der Waals surface area contributed by atoms with Gasteiger partial charge in [-0.05, 0) is 31.7 Å². The number of rotatable bonds is 3. The lowest BCUT2D eigenvalue weighted by atomic mass is 9.99. The van der Waals surface area contributed by atoms with Crippen molar-refractivity contribution in [2.24, 2.45) is 5.73 Å². The number of nitrogens with zero attached hydrogens (tertiary/aromatic N) is 2. The molecule has 0 aliphatic carbocycles. The number of nitrogens with two attached hydrogens (primary N) is 1. The molecule has 1 aromatic heterocycles. The van der Waals surface area contributed by atoms with E-state index < -0.39 is 0 Å². The second-order valence-corrected chi connectivity index (χ2v) is 4.52. The molecule has 88 valence electrons. The molecule has 0 saturated carbocycles. The SMILES string of the molecule is CC(N)Cc1cnc(C2CCOCC2)nc1. The Bertz CT molecular complexity index is 318. The van der Waals surface area contributed by atoms with Gasteiger partial charge in [-0.3, -0.25) is 0 Å². The van der Waals surface area contributed by atoms with Crippen molar-refractivity contribution in [2.75, 3.05) is 13.2 Å². The topological polar surface area (TPSA) is 61.0 Å². The molecule has 1 aromatic rings. The Morgan fingerprint density at radius 1 is 1.38 bits per heavy atom. The van der Waals surface area contributed by atoms with Gasteiger partial charge in [0.1, 0.15) is 5.82 Å². The molecular formula is C12H19N3O. The molecule has 2 rings (SSSR count). The van der Waals surface area contributed by atoms with Crippen LogP contribution in [0.5, 0.6) is 0 Å². The molecule has 0 radical (unpaired) electrons. The minimum Gasteiger partial charge on any atom is -0.381 e. The van der Waals surface area contributed by atoms with Gasteiger partial charge in [-0.25, -0.2) is 9.97 Å². The van der Waals surface area contributed by atoms with Gasteiger partial charge in [0.05, 0.1) is 0 Å². The Morgan fingerprint density at radius 3 is 2.56 bits per heavy atom. The van der Waals surface area contributed by atoms with Crippen LogP contribution < -0.4 is 5.73 Å². The van der Waals surface area contributed by atoms with Crippen LogP contribution in [-0.2, 0) is 11.2 Å². The van der Waals surface area contributed by atoms with E-state index >= 15 is 0 Å². The molecule has 0 bridgehead atoms. The minimum absolute atomic E-state index is 0.164. The molecule has 0 aromatic carbocycles. The van der Waals surface area contributed by atoms with Crippen molar-refractivity contribution in [3.05, 3.63) is 23.8 Å². The van der Waals surface area contributed by atoms with E-state index in [1.165, 1.54) is 0 Å².